The lowest BCUT2D eigenvalue weighted by Crippen LogP contribution is -2.50. The second-order valence-electron chi connectivity index (χ2n) is 6.01. The van der Waals surface area contributed by atoms with Crippen LogP contribution in [0, 0.1) is 5.92 Å². The summed E-state index contributed by atoms with van der Waals surface area (Å²) in [6.07, 6.45) is 1.12. The molecular formula is C16H25ClN2O. The van der Waals surface area contributed by atoms with E-state index in [0.29, 0.717) is 6.54 Å². The number of carbonyl (C=O) groups is 1. The van der Waals surface area contributed by atoms with Crippen LogP contribution in [-0.4, -0.2) is 19.0 Å². The first kappa shape index (κ1) is 17.0. The average molecular weight is 297 g/mol. The number of rotatable bonds is 5. The van der Waals surface area contributed by atoms with Crippen LogP contribution in [0.25, 0.3) is 0 Å². The summed E-state index contributed by atoms with van der Waals surface area (Å²) in [5, 5.41) is 6.10. The molecule has 0 atom stereocenters. The molecule has 0 unspecified atom stereocenters. The fourth-order valence-electron chi connectivity index (χ4n) is 2.09. The number of amides is 1. The van der Waals surface area contributed by atoms with Crippen molar-refractivity contribution >= 4 is 18.3 Å². The molecule has 20 heavy (non-hydrogen) atoms. The Balaban J connectivity index is 0.00000200. The van der Waals surface area contributed by atoms with Crippen LogP contribution in [-0.2, 0) is 16.8 Å². The number of carbonyl (C=O) groups excluding carboxylic acids is 1. The van der Waals surface area contributed by atoms with Crippen LogP contribution in [0.1, 0.15) is 38.3 Å². The zero-order chi connectivity index (χ0) is 13.9. The Kier molecular flexibility index (Phi) is 6.03. The Morgan fingerprint density at radius 2 is 1.90 bits per heavy atom. The number of halogens is 1. The Bertz CT molecular complexity index is 438. The number of hydrogen-bond donors (Lipinski definition) is 2. The average Bonchev–Trinajstić information content (AvgIpc) is 2.35. The van der Waals surface area contributed by atoms with Gasteiger partial charge in [-0.25, -0.2) is 0 Å². The van der Waals surface area contributed by atoms with Crippen LogP contribution >= 0.6 is 12.4 Å². The lowest BCUT2D eigenvalue weighted by atomic mass is 9.82. The van der Waals surface area contributed by atoms with Gasteiger partial charge >= 0.3 is 0 Å². The molecule has 1 heterocycles. The Labute approximate surface area is 127 Å². The van der Waals surface area contributed by atoms with E-state index in [2.05, 4.69) is 55.7 Å². The van der Waals surface area contributed by atoms with Crippen molar-refractivity contribution in [3.8, 4) is 0 Å². The first-order valence-electron chi connectivity index (χ1n) is 7.11. The van der Waals surface area contributed by atoms with Crippen molar-refractivity contribution in [1.82, 2.24) is 10.6 Å². The Morgan fingerprint density at radius 3 is 2.35 bits per heavy atom. The van der Waals surface area contributed by atoms with Crippen molar-refractivity contribution in [1.29, 1.82) is 0 Å². The fourth-order valence-corrected chi connectivity index (χ4v) is 2.09. The van der Waals surface area contributed by atoms with Gasteiger partial charge in [0.2, 0.25) is 5.91 Å². The van der Waals surface area contributed by atoms with Crippen LogP contribution in [0.4, 0.5) is 0 Å². The highest BCUT2D eigenvalue weighted by atomic mass is 35.5. The Morgan fingerprint density at radius 1 is 1.30 bits per heavy atom. The largest absolute Gasteiger partial charge is 0.352 e. The van der Waals surface area contributed by atoms with Crippen molar-refractivity contribution in [2.75, 3.05) is 13.1 Å². The predicted octanol–water partition coefficient (Wildman–Crippen LogP) is 2.63. The van der Waals surface area contributed by atoms with Gasteiger partial charge in [-0.2, -0.15) is 0 Å². The monoisotopic (exact) mass is 296 g/mol. The predicted molar refractivity (Wildman–Crippen MR) is 85.2 cm³/mol. The van der Waals surface area contributed by atoms with Crippen molar-refractivity contribution in [2.45, 2.75) is 39.2 Å². The summed E-state index contributed by atoms with van der Waals surface area (Å²) in [6, 6.07) is 8.59. The maximum atomic E-state index is 11.7. The molecule has 0 bridgehead atoms. The normalized spacial score (nSPS) is 15.2. The number of benzene rings is 1. The highest BCUT2D eigenvalue weighted by molar-refractivity contribution is 5.85. The van der Waals surface area contributed by atoms with Crippen molar-refractivity contribution in [2.24, 2.45) is 5.92 Å². The summed E-state index contributed by atoms with van der Waals surface area (Å²) >= 11 is 0. The zero-order valence-corrected chi connectivity index (χ0v) is 13.3. The van der Waals surface area contributed by atoms with E-state index in [-0.39, 0.29) is 29.6 Å². The summed E-state index contributed by atoms with van der Waals surface area (Å²) in [5.74, 6) is 0.329. The van der Waals surface area contributed by atoms with Gasteiger partial charge < -0.3 is 10.6 Å². The summed E-state index contributed by atoms with van der Waals surface area (Å²) in [5.41, 5.74) is 2.74. The molecule has 112 valence electrons. The van der Waals surface area contributed by atoms with Crippen molar-refractivity contribution in [3.63, 3.8) is 0 Å². The van der Waals surface area contributed by atoms with Crippen LogP contribution < -0.4 is 10.6 Å². The first-order chi connectivity index (χ1) is 9.03. The zero-order valence-electron chi connectivity index (χ0n) is 12.5. The van der Waals surface area contributed by atoms with Gasteiger partial charge in [0.1, 0.15) is 0 Å². The van der Waals surface area contributed by atoms with Gasteiger partial charge in [0, 0.05) is 19.6 Å². The molecule has 3 nitrogen and oxygen atoms in total. The van der Waals surface area contributed by atoms with Gasteiger partial charge in [-0.05, 0) is 23.0 Å². The molecule has 0 aromatic heterocycles. The quantitative estimate of drug-likeness (QED) is 0.877. The summed E-state index contributed by atoms with van der Waals surface area (Å²) in [6.45, 7) is 8.98. The van der Waals surface area contributed by atoms with Gasteiger partial charge in [-0.1, -0.05) is 45.0 Å². The summed E-state index contributed by atoms with van der Waals surface area (Å²) in [7, 11) is 0. The first-order valence-corrected chi connectivity index (χ1v) is 7.11. The van der Waals surface area contributed by atoms with E-state index < -0.39 is 0 Å². The maximum Gasteiger partial charge on any atom is 0.225 e. The van der Waals surface area contributed by atoms with E-state index in [1.54, 1.807) is 0 Å². The van der Waals surface area contributed by atoms with Gasteiger partial charge in [0.25, 0.3) is 0 Å². The van der Waals surface area contributed by atoms with Crippen molar-refractivity contribution in [3.05, 3.63) is 35.4 Å². The van der Waals surface area contributed by atoms with E-state index >= 15 is 0 Å². The van der Waals surface area contributed by atoms with Gasteiger partial charge in [-0.3, -0.25) is 4.79 Å². The Hall–Kier alpha value is -1.06. The standard InChI is InChI=1S/C16H24N2O.ClH/c1-4-16(2,3)14-7-5-12(6-8-14)9-18-15(19)13-10-17-11-13;/h5-8,13,17H,4,9-11H2,1-3H3,(H,18,19);1H. The molecule has 1 aliphatic heterocycles. The third-order valence-corrected chi connectivity index (χ3v) is 4.24. The molecule has 1 aromatic carbocycles. The summed E-state index contributed by atoms with van der Waals surface area (Å²) in [4.78, 5) is 11.7. The van der Waals surface area contributed by atoms with E-state index in [0.717, 1.165) is 25.1 Å². The fraction of sp³-hybridized carbons (Fsp3) is 0.562. The molecule has 1 saturated heterocycles. The van der Waals surface area contributed by atoms with E-state index in [4.69, 9.17) is 0 Å². The molecule has 1 aromatic rings. The topological polar surface area (TPSA) is 41.1 Å². The molecule has 0 aliphatic carbocycles. The minimum absolute atomic E-state index is 0. The molecule has 0 spiro atoms. The molecule has 2 N–H and O–H groups in total. The van der Waals surface area contributed by atoms with Gasteiger partial charge in [0.15, 0.2) is 0 Å². The SMILES string of the molecule is CCC(C)(C)c1ccc(CNC(=O)C2CNC2)cc1.Cl. The van der Waals surface area contributed by atoms with Crippen LogP contribution in [0.5, 0.6) is 0 Å². The van der Waals surface area contributed by atoms with Crippen molar-refractivity contribution < 1.29 is 4.79 Å². The smallest absolute Gasteiger partial charge is 0.225 e. The summed E-state index contributed by atoms with van der Waals surface area (Å²) < 4.78 is 0. The number of hydrogen-bond acceptors (Lipinski definition) is 2. The molecule has 0 saturated carbocycles. The lowest BCUT2D eigenvalue weighted by Gasteiger charge is -2.26. The van der Waals surface area contributed by atoms with Crippen LogP contribution in [0.3, 0.4) is 0 Å². The molecule has 4 heteroatoms. The van der Waals surface area contributed by atoms with E-state index in [1.807, 2.05) is 0 Å². The molecule has 0 radical (unpaired) electrons. The van der Waals surface area contributed by atoms with E-state index in [1.165, 1.54) is 5.56 Å². The maximum absolute atomic E-state index is 11.7. The molecule has 1 aliphatic rings. The van der Waals surface area contributed by atoms with Crippen LogP contribution in [0.15, 0.2) is 24.3 Å². The number of nitrogens with one attached hydrogen (secondary N) is 2. The molecule has 1 fully saturated rings. The third kappa shape index (κ3) is 3.97. The van der Waals surface area contributed by atoms with Crippen LogP contribution in [0.2, 0.25) is 0 Å². The van der Waals surface area contributed by atoms with Gasteiger partial charge in [0.05, 0.1) is 5.92 Å². The highest BCUT2D eigenvalue weighted by Gasteiger charge is 2.24. The minimum Gasteiger partial charge on any atom is -0.352 e. The second kappa shape index (κ2) is 7.09. The highest BCUT2D eigenvalue weighted by Crippen LogP contribution is 2.26. The molecule has 2 rings (SSSR count). The van der Waals surface area contributed by atoms with E-state index in [9.17, 15) is 4.79 Å². The minimum atomic E-state index is 0. The lowest BCUT2D eigenvalue weighted by molar-refractivity contribution is -0.126. The second-order valence-corrected chi connectivity index (χ2v) is 6.01. The molecule has 1 amide bonds. The third-order valence-electron chi connectivity index (χ3n) is 4.24. The molecular weight excluding hydrogens is 272 g/mol. The van der Waals surface area contributed by atoms with Gasteiger partial charge in [-0.15, -0.1) is 12.4 Å².